The summed E-state index contributed by atoms with van der Waals surface area (Å²) in [6.07, 6.45) is 0.661. The van der Waals surface area contributed by atoms with Gasteiger partial charge in [0, 0.05) is 24.7 Å². The normalized spacial score (nSPS) is 9.53. The number of hydrogen-bond acceptors (Lipinski definition) is 5. The van der Waals surface area contributed by atoms with Gasteiger partial charge >= 0.3 is 0 Å². The second kappa shape index (κ2) is 6.16. The van der Waals surface area contributed by atoms with E-state index < -0.39 is 0 Å². The average molecular weight is 249 g/mol. The Bertz CT molecular complexity index is 489. The molecule has 0 saturated carbocycles. The number of nitrogens with two attached hydrogens (primary N) is 2. The Hall–Kier alpha value is -1.67. The molecule has 5 heteroatoms. The molecule has 0 bridgehead atoms. The van der Waals surface area contributed by atoms with Crippen LogP contribution in [0.15, 0.2) is 6.07 Å². The molecule has 0 unspecified atom stereocenters. The summed E-state index contributed by atoms with van der Waals surface area (Å²) < 4.78 is 0. The minimum atomic E-state index is 0.112. The first kappa shape index (κ1) is 13.4. The van der Waals surface area contributed by atoms with E-state index in [-0.39, 0.29) is 5.12 Å². The van der Waals surface area contributed by atoms with E-state index in [0.29, 0.717) is 23.7 Å². The number of rotatable bonds is 2. The molecule has 0 saturated heterocycles. The third kappa shape index (κ3) is 4.37. The topological polar surface area (TPSA) is 82.0 Å². The maximum absolute atomic E-state index is 10.7. The number of carbonyl (C=O) groups excluding carboxylic acids is 1. The molecule has 0 aliphatic heterocycles. The molecule has 1 aromatic heterocycles. The lowest BCUT2D eigenvalue weighted by Crippen LogP contribution is -2.01. The number of nitrogens with zero attached hydrogens (tertiary/aromatic N) is 1. The number of aromatic nitrogens is 1. The molecule has 1 aromatic rings. The van der Waals surface area contributed by atoms with Crippen molar-refractivity contribution in [1.82, 2.24) is 4.98 Å². The van der Waals surface area contributed by atoms with Crippen molar-refractivity contribution in [3.05, 3.63) is 17.3 Å². The first-order valence-electron chi connectivity index (χ1n) is 5.15. The molecule has 0 fully saturated rings. The summed E-state index contributed by atoms with van der Waals surface area (Å²) in [6, 6.07) is 1.72. The van der Waals surface area contributed by atoms with Crippen LogP contribution in [-0.4, -0.2) is 15.9 Å². The van der Waals surface area contributed by atoms with Crippen LogP contribution in [0.25, 0.3) is 0 Å². The summed E-state index contributed by atoms with van der Waals surface area (Å²) in [4.78, 5) is 14.8. The number of anilines is 2. The summed E-state index contributed by atoms with van der Waals surface area (Å²) >= 11 is 1.27. The first-order chi connectivity index (χ1) is 8.00. The maximum atomic E-state index is 10.7. The second-order valence-corrected chi connectivity index (χ2v) is 4.76. The standard InChI is InChI=1S/C12H15N3OS/c1-8-10(7-11(13)12(14)15-8)5-3-4-6-17-9(2)16/h7H,4,6,13H2,1-2H3,(H2,14,15). The molecule has 4 N–H and O–H groups in total. The Morgan fingerprint density at radius 2 is 2.24 bits per heavy atom. The van der Waals surface area contributed by atoms with Gasteiger partial charge in [0.05, 0.1) is 11.4 Å². The van der Waals surface area contributed by atoms with E-state index in [2.05, 4.69) is 16.8 Å². The molecule has 4 nitrogen and oxygen atoms in total. The Kier molecular flexibility index (Phi) is 4.85. The van der Waals surface area contributed by atoms with Gasteiger partial charge in [-0.3, -0.25) is 4.79 Å². The highest BCUT2D eigenvalue weighted by molar-refractivity contribution is 8.13. The summed E-state index contributed by atoms with van der Waals surface area (Å²) in [5.41, 5.74) is 13.2. The van der Waals surface area contributed by atoms with Gasteiger partial charge in [-0.25, -0.2) is 4.98 Å². The fourth-order valence-electron chi connectivity index (χ4n) is 1.17. The lowest BCUT2D eigenvalue weighted by atomic mass is 10.2. The molecule has 0 aliphatic rings. The van der Waals surface area contributed by atoms with Crippen LogP contribution in [0.2, 0.25) is 0 Å². The van der Waals surface area contributed by atoms with E-state index in [0.717, 1.165) is 11.3 Å². The molecule has 90 valence electrons. The van der Waals surface area contributed by atoms with Gasteiger partial charge in [-0.1, -0.05) is 23.6 Å². The van der Waals surface area contributed by atoms with Gasteiger partial charge in [0.2, 0.25) is 0 Å². The predicted octanol–water partition coefficient (Wildman–Crippen LogP) is 1.58. The van der Waals surface area contributed by atoms with Gasteiger partial charge in [0.1, 0.15) is 5.82 Å². The monoisotopic (exact) mass is 249 g/mol. The fourth-order valence-corrected chi connectivity index (χ4v) is 1.66. The molecular formula is C12H15N3OS. The zero-order chi connectivity index (χ0) is 12.8. The van der Waals surface area contributed by atoms with Crippen LogP contribution in [-0.2, 0) is 4.79 Å². The predicted molar refractivity (Wildman–Crippen MR) is 72.4 cm³/mol. The Morgan fingerprint density at radius 1 is 1.53 bits per heavy atom. The average Bonchev–Trinajstić information content (AvgIpc) is 2.24. The van der Waals surface area contributed by atoms with Gasteiger partial charge in [-0.2, -0.15) is 0 Å². The number of thioether (sulfide) groups is 1. The maximum Gasteiger partial charge on any atom is 0.185 e. The van der Waals surface area contributed by atoms with Crippen LogP contribution >= 0.6 is 11.8 Å². The lowest BCUT2D eigenvalue weighted by molar-refractivity contribution is -0.109. The van der Waals surface area contributed by atoms with Crippen LogP contribution in [0.3, 0.4) is 0 Å². The fraction of sp³-hybridized carbons (Fsp3) is 0.333. The second-order valence-electron chi connectivity index (χ2n) is 3.49. The van der Waals surface area contributed by atoms with E-state index in [9.17, 15) is 4.79 Å². The third-order valence-electron chi connectivity index (χ3n) is 2.03. The Morgan fingerprint density at radius 3 is 2.88 bits per heavy atom. The van der Waals surface area contributed by atoms with Crippen LogP contribution in [0.1, 0.15) is 24.6 Å². The van der Waals surface area contributed by atoms with Crippen molar-refractivity contribution in [1.29, 1.82) is 0 Å². The summed E-state index contributed by atoms with van der Waals surface area (Å²) in [5.74, 6) is 7.01. The zero-order valence-corrected chi connectivity index (χ0v) is 10.7. The highest BCUT2D eigenvalue weighted by Crippen LogP contribution is 2.15. The van der Waals surface area contributed by atoms with Crippen molar-refractivity contribution in [2.24, 2.45) is 0 Å². The molecule has 0 amide bonds. The number of pyridine rings is 1. The van der Waals surface area contributed by atoms with Crippen LogP contribution in [0, 0.1) is 18.8 Å². The van der Waals surface area contributed by atoms with Crippen molar-refractivity contribution < 1.29 is 4.79 Å². The quantitative estimate of drug-likeness (QED) is 0.614. The van der Waals surface area contributed by atoms with E-state index >= 15 is 0 Å². The van der Waals surface area contributed by atoms with Crippen molar-refractivity contribution in [3.63, 3.8) is 0 Å². The third-order valence-corrected chi connectivity index (χ3v) is 2.84. The molecule has 0 aromatic carbocycles. The lowest BCUT2D eigenvalue weighted by Gasteiger charge is -2.02. The Balaban J connectivity index is 2.66. The Labute approximate surface area is 105 Å². The minimum absolute atomic E-state index is 0.112. The molecule has 0 aliphatic carbocycles. The van der Waals surface area contributed by atoms with Crippen LogP contribution in [0.5, 0.6) is 0 Å². The number of aryl methyl sites for hydroxylation is 1. The van der Waals surface area contributed by atoms with Gasteiger partial charge in [0.15, 0.2) is 5.12 Å². The molecule has 0 atom stereocenters. The molecular weight excluding hydrogens is 234 g/mol. The highest BCUT2D eigenvalue weighted by Gasteiger charge is 2.01. The molecule has 0 radical (unpaired) electrons. The molecule has 1 heterocycles. The highest BCUT2D eigenvalue weighted by atomic mass is 32.2. The molecule has 0 spiro atoms. The SMILES string of the molecule is CC(=O)SCCC#Cc1cc(N)c(N)nc1C. The van der Waals surface area contributed by atoms with E-state index in [1.807, 2.05) is 6.92 Å². The van der Waals surface area contributed by atoms with Crippen molar-refractivity contribution in [2.45, 2.75) is 20.3 Å². The minimum Gasteiger partial charge on any atom is -0.396 e. The number of hydrogen-bond donors (Lipinski definition) is 2. The number of nitrogen functional groups attached to an aromatic ring is 2. The van der Waals surface area contributed by atoms with E-state index in [1.54, 1.807) is 13.0 Å². The van der Waals surface area contributed by atoms with Gasteiger partial charge < -0.3 is 11.5 Å². The van der Waals surface area contributed by atoms with Crippen LogP contribution in [0.4, 0.5) is 11.5 Å². The molecule has 1 rings (SSSR count). The molecule has 17 heavy (non-hydrogen) atoms. The van der Waals surface area contributed by atoms with Crippen molar-refractivity contribution in [3.8, 4) is 11.8 Å². The van der Waals surface area contributed by atoms with E-state index in [1.165, 1.54) is 11.8 Å². The van der Waals surface area contributed by atoms with Crippen molar-refractivity contribution in [2.75, 3.05) is 17.2 Å². The first-order valence-corrected chi connectivity index (χ1v) is 6.14. The van der Waals surface area contributed by atoms with Crippen molar-refractivity contribution >= 4 is 28.4 Å². The van der Waals surface area contributed by atoms with E-state index in [4.69, 9.17) is 11.5 Å². The summed E-state index contributed by atoms with van der Waals surface area (Å²) in [7, 11) is 0. The summed E-state index contributed by atoms with van der Waals surface area (Å²) in [5, 5.41) is 0.112. The zero-order valence-electron chi connectivity index (χ0n) is 9.91. The van der Waals surface area contributed by atoms with Gasteiger partial charge in [-0.05, 0) is 13.0 Å². The smallest absolute Gasteiger partial charge is 0.185 e. The summed E-state index contributed by atoms with van der Waals surface area (Å²) in [6.45, 7) is 3.39. The van der Waals surface area contributed by atoms with Gasteiger partial charge in [-0.15, -0.1) is 0 Å². The largest absolute Gasteiger partial charge is 0.396 e. The number of carbonyl (C=O) groups is 1. The van der Waals surface area contributed by atoms with Crippen LogP contribution < -0.4 is 11.5 Å². The van der Waals surface area contributed by atoms with Gasteiger partial charge in [0.25, 0.3) is 0 Å².